The molecule has 0 radical (unpaired) electrons. The van der Waals surface area contributed by atoms with Crippen molar-refractivity contribution in [3.8, 4) is 0 Å². The van der Waals surface area contributed by atoms with Crippen LogP contribution in [0.25, 0.3) is 0 Å². The van der Waals surface area contributed by atoms with Crippen LogP contribution in [0.3, 0.4) is 0 Å². The lowest BCUT2D eigenvalue weighted by Crippen LogP contribution is -2.00. The van der Waals surface area contributed by atoms with Gasteiger partial charge >= 0.3 is 0 Å². The summed E-state index contributed by atoms with van der Waals surface area (Å²) in [6, 6.07) is 0. The Labute approximate surface area is 117 Å². The predicted molar refractivity (Wildman–Crippen MR) is 81.2 cm³/mol. The molecule has 19 heavy (non-hydrogen) atoms. The first-order valence-electron chi connectivity index (χ1n) is 7.88. The quantitative estimate of drug-likeness (QED) is 0.622. The fraction of sp³-hybridized carbons (Fsp3) is 0.812. The van der Waals surface area contributed by atoms with Crippen LogP contribution >= 0.6 is 0 Å². The number of nitrogen functional groups attached to an aromatic ring is 1. The number of aryl methyl sites for hydroxylation is 1. The van der Waals surface area contributed by atoms with Crippen molar-refractivity contribution in [2.75, 3.05) is 5.73 Å². The lowest BCUT2D eigenvalue weighted by atomic mass is 10.00. The van der Waals surface area contributed by atoms with Crippen molar-refractivity contribution < 1.29 is 4.52 Å². The van der Waals surface area contributed by atoms with Crippen molar-refractivity contribution >= 4 is 5.82 Å². The van der Waals surface area contributed by atoms with E-state index in [0.717, 1.165) is 24.2 Å². The summed E-state index contributed by atoms with van der Waals surface area (Å²) in [6.45, 7) is 6.65. The van der Waals surface area contributed by atoms with Gasteiger partial charge in [0.2, 0.25) is 0 Å². The molecule has 0 saturated heterocycles. The van der Waals surface area contributed by atoms with Crippen LogP contribution in [0.1, 0.15) is 77.0 Å². The van der Waals surface area contributed by atoms with Crippen LogP contribution < -0.4 is 5.73 Å². The molecule has 3 nitrogen and oxygen atoms in total. The summed E-state index contributed by atoms with van der Waals surface area (Å²) in [5.74, 6) is 2.20. The Morgan fingerprint density at radius 3 is 2.32 bits per heavy atom. The maximum atomic E-state index is 5.87. The van der Waals surface area contributed by atoms with Crippen molar-refractivity contribution in [2.45, 2.75) is 78.6 Å². The van der Waals surface area contributed by atoms with Gasteiger partial charge in [0.15, 0.2) is 5.82 Å². The van der Waals surface area contributed by atoms with E-state index in [0.29, 0.717) is 11.7 Å². The Bertz CT molecular complexity index is 345. The zero-order valence-electron chi connectivity index (χ0n) is 12.9. The van der Waals surface area contributed by atoms with Crippen LogP contribution in [0.15, 0.2) is 4.52 Å². The minimum atomic E-state index is 0.589. The van der Waals surface area contributed by atoms with E-state index in [1.807, 2.05) is 0 Å². The second-order valence-electron chi connectivity index (χ2n) is 5.94. The monoisotopic (exact) mass is 266 g/mol. The number of hydrogen-bond acceptors (Lipinski definition) is 3. The van der Waals surface area contributed by atoms with Gasteiger partial charge in [0, 0.05) is 12.0 Å². The Kier molecular flexibility index (Phi) is 7.61. The number of hydrogen-bond donors (Lipinski definition) is 1. The zero-order chi connectivity index (χ0) is 14.1. The van der Waals surface area contributed by atoms with Crippen LogP contribution in [0.5, 0.6) is 0 Å². The minimum Gasteiger partial charge on any atom is -0.381 e. The Hall–Kier alpha value is -0.990. The summed E-state index contributed by atoms with van der Waals surface area (Å²) in [6.07, 6.45) is 11.2. The van der Waals surface area contributed by atoms with Gasteiger partial charge < -0.3 is 10.3 Å². The number of nitrogens with two attached hydrogens (primary N) is 1. The first kappa shape index (κ1) is 16.1. The molecular weight excluding hydrogens is 236 g/mol. The van der Waals surface area contributed by atoms with Crippen LogP contribution in [0.4, 0.5) is 5.82 Å². The fourth-order valence-corrected chi connectivity index (χ4v) is 2.42. The molecule has 0 aliphatic carbocycles. The summed E-state index contributed by atoms with van der Waals surface area (Å²) in [5.41, 5.74) is 7.01. The molecule has 1 rings (SSSR count). The third-order valence-electron chi connectivity index (χ3n) is 3.52. The van der Waals surface area contributed by atoms with Crippen LogP contribution in [-0.2, 0) is 12.8 Å². The average Bonchev–Trinajstić information content (AvgIpc) is 2.70. The summed E-state index contributed by atoms with van der Waals surface area (Å²) < 4.78 is 5.37. The average molecular weight is 266 g/mol. The van der Waals surface area contributed by atoms with Crippen molar-refractivity contribution in [1.29, 1.82) is 0 Å². The van der Waals surface area contributed by atoms with Gasteiger partial charge in [0.1, 0.15) is 5.76 Å². The van der Waals surface area contributed by atoms with E-state index in [-0.39, 0.29) is 0 Å². The molecule has 2 N–H and O–H groups in total. The van der Waals surface area contributed by atoms with Gasteiger partial charge in [-0.05, 0) is 18.8 Å². The molecule has 0 saturated carbocycles. The third kappa shape index (κ3) is 6.13. The van der Waals surface area contributed by atoms with Crippen molar-refractivity contribution in [3.63, 3.8) is 0 Å². The summed E-state index contributed by atoms with van der Waals surface area (Å²) >= 11 is 0. The summed E-state index contributed by atoms with van der Waals surface area (Å²) in [4.78, 5) is 0. The topological polar surface area (TPSA) is 52.0 Å². The fourth-order valence-electron chi connectivity index (χ4n) is 2.42. The maximum absolute atomic E-state index is 5.87. The predicted octanol–water partition coefficient (Wildman–Crippen LogP) is 4.75. The van der Waals surface area contributed by atoms with Crippen molar-refractivity contribution in [3.05, 3.63) is 11.3 Å². The molecule has 0 spiro atoms. The van der Waals surface area contributed by atoms with E-state index in [1.165, 1.54) is 44.9 Å². The Balaban J connectivity index is 2.25. The number of rotatable bonds is 10. The Morgan fingerprint density at radius 2 is 1.68 bits per heavy atom. The molecule has 0 fully saturated rings. The first-order valence-corrected chi connectivity index (χ1v) is 7.88. The van der Waals surface area contributed by atoms with E-state index in [2.05, 4.69) is 25.9 Å². The SMILES string of the molecule is CCCCCCCCCc1onc(N)c1CC(C)C. The molecule has 0 atom stereocenters. The minimum absolute atomic E-state index is 0.589. The molecule has 3 heteroatoms. The van der Waals surface area contributed by atoms with Crippen LogP contribution in [-0.4, -0.2) is 5.16 Å². The number of aromatic nitrogens is 1. The molecule has 1 heterocycles. The van der Waals surface area contributed by atoms with Crippen molar-refractivity contribution in [2.24, 2.45) is 5.92 Å². The molecule has 0 aliphatic rings. The number of unbranched alkanes of at least 4 members (excludes halogenated alkanes) is 6. The molecule has 110 valence electrons. The Morgan fingerprint density at radius 1 is 1.05 bits per heavy atom. The molecule has 0 unspecified atom stereocenters. The number of nitrogens with zero attached hydrogens (tertiary/aromatic N) is 1. The molecule has 0 bridgehead atoms. The van der Waals surface area contributed by atoms with Gasteiger partial charge in [0.05, 0.1) is 0 Å². The van der Waals surface area contributed by atoms with Crippen molar-refractivity contribution in [1.82, 2.24) is 5.16 Å². The van der Waals surface area contributed by atoms with Gasteiger partial charge in [-0.1, -0.05) is 64.5 Å². The normalized spacial score (nSPS) is 11.4. The highest BCUT2D eigenvalue weighted by atomic mass is 16.5. The largest absolute Gasteiger partial charge is 0.381 e. The standard InChI is InChI=1S/C16H30N2O/c1-4-5-6-7-8-9-10-11-15-14(12-13(2)3)16(17)18-19-15/h13H,4-12H2,1-3H3,(H2,17,18). The van der Waals surface area contributed by atoms with Crippen LogP contribution in [0.2, 0.25) is 0 Å². The highest BCUT2D eigenvalue weighted by Crippen LogP contribution is 2.22. The zero-order valence-corrected chi connectivity index (χ0v) is 12.9. The van der Waals surface area contributed by atoms with Gasteiger partial charge in [-0.15, -0.1) is 0 Å². The van der Waals surface area contributed by atoms with Gasteiger partial charge in [-0.2, -0.15) is 0 Å². The van der Waals surface area contributed by atoms with Gasteiger partial charge in [0.25, 0.3) is 0 Å². The van der Waals surface area contributed by atoms with E-state index in [1.54, 1.807) is 0 Å². The van der Waals surface area contributed by atoms with E-state index < -0.39 is 0 Å². The molecule has 1 aromatic rings. The maximum Gasteiger partial charge on any atom is 0.170 e. The highest BCUT2D eigenvalue weighted by Gasteiger charge is 2.14. The second-order valence-corrected chi connectivity index (χ2v) is 5.94. The first-order chi connectivity index (χ1) is 9.15. The lowest BCUT2D eigenvalue weighted by Gasteiger charge is -2.05. The summed E-state index contributed by atoms with van der Waals surface area (Å²) in [7, 11) is 0. The second kappa shape index (κ2) is 9.00. The van der Waals surface area contributed by atoms with E-state index >= 15 is 0 Å². The van der Waals surface area contributed by atoms with E-state index in [9.17, 15) is 0 Å². The summed E-state index contributed by atoms with van der Waals surface area (Å²) in [5, 5.41) is 3.91. The lowest BCUT2D eigenvalue weighted by molar-refractivity contribution is 0.378. The molecular formula is C16H30N2O. The smallest absolute Gasteiger partial charge is 0.170 e. The molecule has 1 aromatic heterocycles. The number of anilines is 1. The third-order valence-corrected chi connectivity index (χ3v) is 3.52. The van der Waals surface area contributed by atoms with Gasteiger partial charge in [-0.25, -0.2) is 0 Å². The van der Waals surface area contributed by atoms with Gasteiger partial charge in [-0.3, -0.25) is 0 Å². The highest BCUT2D eigenvalue weighted by molar-refractivity contribution is 5.40. The molecule has 0 aliphatic heterocycles. The molecule has 0 amide bonds. The van der Waals surface area contributed by atoms with Crippen LogP contribution in [0, 0.1) is 5.92 Å². The molecule has 0 aromatic carbocycles. The van der Waals surface area contributed by atoms with E-state index in [4.69, 9.17) is 10.3 Å².